The molecule has 3 rings (SSSR count). The smallest absolute Gasteiger partial charge is 0.298 e. The lowest BCUT2D eigenvalue weighted by Crippen LogP contribution is -2.41. The molecule has 0 aliphatic carbocycles. The first-order valence-electron chi connectivity index (χ1n) is 7.69. The van der Waals surface area contributed by atoms with Crippen LogP contribution in [0, 0.1) is 0 Å². The van der Waals surface area contributed by atoms with E-state index in [4.69, 9.17) is 0 Å². The number of nitrogens with zero attached hydrogens (tertiary/aromatic N) is 6. The van der Waals surface area contributed by atoms with Gasteiger partial charge in [-0.25, -0.2) is 9.80 Å². The largest absolute Gasteiger partial charge is 0.332 e. The highest BCUT2D eigenvalue weighted by Gasteiger charge is 2.33. The number of anilines is 1. The highest BCUT2D eigenvalue weighted by Crippen LogP contribution is 2.31. The zero-order valence-corrected chi connectivity index (χ0v) is 14.6. The number of hydrogen-bond acceptors (Lipinski definition) is 6. The van der Waals surface area contributed by atoms with Crippen molar-refractivity contribution in [3.05, 3.63) is 20.8 Å². The van der Waals surface area contributed by atoms with Crippen molar-refractivity contribution in [2.45, 2.75) is 39.8 Å². The zero-order chi connectivity index (χ0) is 17.9. The van der Waals surface area contributed by atoms with Gasteiger partial charge in [-0.3, -0.25) is 23.3 Å². The number of hydrogen-bond donors (Lipinski definition) is 0. The molecule has 1 aliphatic rings. The number of aryl methyl sites for hydroxylation is 1. The van der Waals surface area contributed by atoms with Gasteiger partial charge in [0.15, 0.2) is 16.9 Å². The second-order valence-electron chi connectivity index (χ2n) is 6.21. The SMILES string of the molecule is CC(=O)C(C)N1N=C(C)C(C)n2c1nc1c2c(=O)n(C)c(=O)n1C. The molecular formula is C15H20N6O3. The van der Waals surface area contributed by atoms with Crippen LogP contribution in [0.25, 0.3) is 11.2 Å². The topological polar surface area (TPSA) is 94.5 Å². The van der Waals surface area contributed by atoms with Gasteiger partial charge < -0.3 is 0 Å². The minimum absolute atomic E-state index is 0.0681. The van der Waals surface area contributed by atoms with Crippen LogP contribution in [0.3, 0.4) is 0 Å². The molecule has 24 heavy (non-hydrogen) atoms. The highest BCUT2D eigenvalue weighted by atomic mass is 16.2. The van der Waals surface area contributed by atoms with E-state index in [0.29, 0.717) is 11.5 Å². The van der Waals surface area contributed by atoms with E-state index < -0.39 is 17.3 Å². The molecule has 128 valence electrons. The van der Waals surface area contributed by atoms with Crippen molar-refractivity contribution in [3.8, 4) is 0 Å². The Hall–Kier alpha value is -2.71. The molecule has 0 fully saturated rings. The molecule has 3 heterocycles. The number of imidazole rings is 1. The summed E-state index contributed by atoms with van der Waals surface area (Å²) in [6, 6.07) is -0.727. The second kappa shape index (κ2) is 5.15. The van der Waals surface area contributed by atoms with Crippen LogP contribution in [0.2, 0.25) is 0 Å². The van der Waals surface area contributed by atoms with Crippen molar-refractivity contribution in [1.29, 1.82) is 0 Å². The molecule has 2 unspecified atom stereocenters. The fraction of sp³-hybridized carbons (Fsp3) is 0.533. The number of hydrazone groups is 1. The number of aromatic nitrogens is 4. The predicted molar refractivity (Wildman–Crippen MR) is 90.7 cm³/mol. The van der Waals surface area contributed by atoms with Crippen molar-refractivity contribution in [2.75, 3.05) is 5.01 Å². The molecule has 2 aromatic rings. The van der Waals surface area contributed by atoms with Crippen molar-refractivity contribution in [2.24, 2.45) is 19.2 Å². The Balaban J connectivity index is 2.45. The Kier molecular flexibility index (Phi) is 3.47. The van der Waals surface area contributed by atoms with E-state index in [9.17, 15) is 14.4 Å². The number of rotatable bonds is 2. The van der Waals surface area contributed by atoms with E-state index in [1.165, 1.54) is 23.5 Å². The predicted octanol–water partition coefficient (Wildman–Crippen LogP) is 0.168. The van der Waals surface area contributed by atoms with Gasteiger partial charge in [0.2, 0.25) is 5.95 Å². The van der Waals surface area contributed by atoms with Crippen molar-refractivity contribution in [3.63, 3.8) is 0 Å². The molecule has 0 saturated heterocycles. The summed E-state index contributed by atoms with van der Waals surface area (Å²) in [6.45, 7) is 6.96. The van der Waals surface area contributed by atoms with E-state index in [1.54, 1.807) is 18.5 Å². The van der Waals surface area contributed by atoms with Gasteiger partial charge >= 0.3 is 5.69 Å². The third kappa shape index (κ3) is 1.97. The normalized spacial score (nSPS) is 18.5. The van der Waals surface area contributed by atoms with Crippen LogP contribution in [-0.2, 0) is 18.9 Å². The molecule has 2 aromatic heterocycles. The summed E-state index contributed by atoms with van der Waals surface area (Å²) in [6.07, 6.45) is 0. The first-order chi connectivity index (χ1) is 11.2. The van der Waals surface area contributed by atoms with Gasteiger partial charge in [-0.2, -0.15) is 10.1 Å². The first-order valence-corrected chi connectivity index (χ1v) is 7.69. The van der Waals surface area contributed by atoms with E-state index in [0.717, 1.165) is 10.3 Å². The van der Waals surface area contributed by atoms with Crippen LogP contribution in [0.1, 0.15) is 33.7 Å². The Morgan fingerprint density at radius 2 is 1.83 bits per heavy atom. The number of Topliss-reactive ketones (excluding diaryl/α,β-unsaturated/α-hetero) is 1. The fourth-order valence-corrected chi connectivity index (χ4v) is 2.85. The average Bonchev–Trinajstić information content (AvgIpc) is 2.94. The van der Waals surface area contributed by atoms with Gasteiger partial charge in [0, 0.05) is 14.1 Å². The third-order valence-corrected chi connectivity index (χ3v) is 4.69. The first kappa shape index (κ1) is 16.2. The van der Waals surface area contributed by atoms with Crippen LogP contribution in [-0.4, -0.2) is 36.2 Å². The van der Waals surface area contributed by atoms with Gasteiger partial charge in [0.05, 0.1) is 11.8 Å². The third-order valence-electron chi connectivity index (χ3n) is 4.69. The second-order valence-corrected chi connectivity index (χ2v) is 6.21. The van der Waals surface area contributed by atoms with E-state index in [-0.39, 0.29) is 17.5 Å². The number of ketones is 1. The summed E-state index contributed by atoms with van der Waals surface area (Å²) in [5.41, 5.74) is 0.516. The lowest BCUT2D eigenvalue weighted by atomic mass is 10.2. The lowest BCUT2D eigenvalue weighted by molar-refractivity contribution is -0.118. The van der Waals surface area contributed by atoms with E-state index in [1.807, 2.05) is 13.8 Å². The van der Waals surface area contributed by atoms with Gasteiger partial charge in [-0.1, -0.05) is 0 Å². The number of fused-ring (bicyclic) bond motifs is 3. The summed E-state index contributed by atoms with van der Waals surface area (Å²) >= 11 is 0. The standard InChI is InChI=1S/C15H20N6O3/c1-7-8(2)20-11-12(18(5)15(24)19(6)13(11)23)16-14(20)21(17-7)9(3)10(4)22/h8-9H,1-6H3. The van der Waals surface area contributed by atoms with Crippen LogP contribution in [0.5, 0.6) is 0 Å². The Bertz CT molecular complexity index is 1010. The number of carbonyl (C=O) groups is 1. The molecule has 2 atom stereocenters. The molecule has 9 heteroatoms. The van der Waals surface area contributed by atoms with Crippen molar-refractivity contribution < 1.29 is 4.79 Å². The van der Waals surface area contributed by atoms with Crippen LogP contribution < -0.4 is 16.3 Å². The van der Waals surface area contributed by atoms with Crippen molar-refractivity contribution >= 4 is 28.6 Å². The quantitative estimate of drug-likeness (QED) is 0.781. The molecule has 0 saturated carbocycles. The maximum Gasteiger partial charge on any atom is 0.332 e. The minimum atomic E-state index is -0.524. The van der Waals surface area contributed by atoms with Gasteiger partial charge in [-0.05, 0) is 27.7 Å². The number of carbonyl (C=O) groups excluding carboxylic acids is 1. The fourth-order valence-electron chi connectivity index (χ4n) is 2.85. The summed E-state index contributed by atoms with van der Waals surface area (Å²) in [4.78, 5) is 41.1. The van der Waals surface area contributed by atoms with E-state index >= 15 is 0 Å². The van der Waals surface area contributed by atoms with Crippen LogP contribution in [0.15, 0.2) is 14.7 Å². The molecule has 0 amide bonds. The molecule has 0 spiro atoms. The summed E-state index contributed by atoms with van der Waals surface area (Å²) in [7, 11) is 3.01. The molecule has 0 bridgehead atoms. The van der Waals surface area contributed by atoms with Crippen LogP contribution in [0.4, 0.5) is 5.95 Å². The summed E-state index contributed by atoms with van der Waals surface area (Å²) < 4.78 is 4.14. The van der Waals surface area contributed by atoms with Gasteiger partial charge in [0.25, 0.3) is 5.56 Å². The van der Waals surface area contributed by atoms with Gasteiger partial charge in [-0.15, -0.1) is 0 Å². The zero-order valence-electron chi connectivity index (χ0n) is 14.6. The Morgan fingerprint density at radius 1 is 1.21 bits per heavy atom. The Morgan fingerprint density at radius 3 is 2.42 bits per heavy atom. The highest BCUT2D eigenvalue weighted by molar-refractivity contribution is 5.93. The maximum absolute atomic E-state index is 12.7. The van der Waals surface area contributed by atoms with Gasteiger partial charge in [0.1, 0.15) is 6.04 Å². The minimum Gasteiger partial charge on any atom is -0.298 e. The molecule has 0 aromatic carbocycles. The van der Waals surface area contributed by atoms with Crippen LogP contribution >= 0.6 is 0 Å². The monoisotopic (exact) mass is 332 g/mol. The molecule has 1 aliphatic heterocycles. The summed E-state index contributed by atoms with van der Waals surface area (Å²) in [5.74, 6) is 0.325. The average molecular weight is 332 g/mol. The molecule has 0 N–H and O–H groups in total. The lowest BCUT2D eigenvalue weighted by Gasteiger charge is -2.31. The molecule has 9 nitrogen and oxygen atoms in total. The summed E-state index contributed by atoms with van der Waals surface area (Å²) in [5, 5.41) is 5.99. The molecular weight excluding hydrogens is 312 g/mol. The Labute approximate surface area is 137 Å². The molecule has 0 radical (unpaired) electrons. The van der Waals surface area contributed by atoms with Crippen molar-refractivity contribution in [1.82, 2.24) is 18.7 Å². The maximum atomic E-state index is 12.7. The van der Waals surface area contributed by atoms with E-state index in [2.05, 4.69) is 10.1 Å².